The minimum absolute atomic E-state index is 0.0292. The molecule has 2 aliphatic heterocycles. The molecule has 0 saturated carbocycles. The molecule has 0 bridgehead atoms. The highest BCUT2D eigenvalue weighted by Crippen LogP contribution is 2.39. The van der Waals surface area contributed by atoms with Crippen LogP contribution in [0.4, 0.5) is 24.5 Å². The average Bonchev–Trinajstić information content (AvgIpc) is 3.50. The van der Waals surface area contributed by atoms with Crippen LogP contribution in [0, 0.1) is 11.8 Å². The Balaban J connectivity index is 1.22. The van der Waals surface area contributed by atoms with E-state index < -0.39 is 22.6 Å². The van der Waals surface area contributed by atoms with Crippen molar-refractivity contribution in [2.45, 2.75) is 30.1 Å². The fourth-order valence-corrected chi connectivity index (χ4v) is 6.31. The number of methoxy groups -OCH3 is 1. The Labute approximate surface area is 268 Å². The number of carbonyl (C=O) groups is 2. The lowest BCUT2D eigenvalue weighted by Gasteiger charge is -2.29. The Morgan fingerprint density at radius 1 is 1.06 bits per heavy atom. The molecule has 0 radical (unpaired) electrons. The zero-order chi connectivity index (χ0) is 33.5. The molecule has 3 aromatic carbocycles. The highest BCUT2D eigenvalue weighted by atomic mass is 32.2. The molecule has 14 heteroatoms. The number of nitrogens with one attached hydrogen (secondary N) is 2. The Bertz CT molecular complexity index is 2050. The van der Waals surface area contributed by atoms with E-state index in [0.29, 0.717) is 45.6 Å². The molecule has 0 fully saturated rings. The van der Waals surface area contributed by atoms with Gasteiger partial charge < -0.3 is 24.7 Å². The van der Waals surface area contributed by atoms with Crippen molar-refractivity contribution in [3.63, 3.8) is 0 Å². The molecule has 2 N–H and O–H groups in total. The molecule has 6 rings (SSSR count). The van der Waals surface area contributed by atoms with Gasteiger partial charge in [-0.25, -0.2) is 8.42 Å². The Kier molecular flexibility index (Phi) is 8.27. The van der Waals surface area contributed by atoms with Crippen LogP contribution in [0.15, 0.2) is 65.6 Å². The van der Waals surface area contributed by atoms with Crippen LogP contribution < -0.4 is 20.1 Å². The number of aromatic nitrogens is 1. The van der Waals surface area contributed by atoms with Crippen LogP contribution >= 0.6 is 0 Å². The summed E-state index contributed by atoms with van der Waals surface area (Å²) in [6.07, 6.45) is -3.08. The number of hydrogen-bond acceptors (Lipinski definition) is 8. The number of alkyl halides is 3. The molecule has 2 amide bonds. The number of imide groups is 1. The molecule has 0 spiro atoms. The van der Waals surface area contributed by atoms with Gasteiger partial charge in [-0.15, -0.1) is 0 Å². The largest absolute Gasteiger partial charge is 0.495 e. The number of anilines is 2. The number of sulfone groups is 1. The van der Waals surface area contributed by atoms with Crippen molar-refractivity contribution in [1.29, 1.82) is 0 Å². The maximum absolute atomic E-state index is 13.7. The first kappa shape index (κ1) is 31.8. The summed E-state index contributed by atoms with van der Waals surface area (Å²) < 4.78 is 77.2. The number of carbonyl (C=O) groups excluding carboxylic acids is 2. The van der Waals surface area contributed by atoms with Gasteiger partial charge in [-0.05, 0) is 54.8 Å². The van der Waals surface area contributed by atoms with Gasteiger partial charge in [0.25, 0.3) is 11.8 Å². The van der Waals surface area contributed by atoms with Gasteiger partial charge in [-0.2, -0.15) is 13.2 Å². The van der Waals surface area contributed by atoms with Crippen molar-refractivity contribution in [2.75, 3.05) is 43.7 Å². The zero-order valence-electron chi connectivity index (χ0n) is 25.3. The lowest BCUT2D eigenvalue weighted by Crippen LogP contribution is -2.38. The van der Waals surface area contributed by atoms with Gasteiger partial charge in [0.2, 0.25) is 0 Å². The first-order valence-corrected chi connectivity index (χ1v) is 16.4. The summed E-state index contributed by atoms with van der Waals surface area (Å²) in [5.41, 5.74) is 2.11. The van der Waals surface area contributed by atoms with Crippen molar-refractivity contribution in [1.82, 2.24) is 9.47 Å². The normalized spacial score (nSPS) is 15.8. The van der Waals surface area contributed by atoms with Crippen molar-refractivity contribution >= 4 is 43.9 Å². The molecule has 1 unspecified atom stereocenters. The highest BCUT2D eigenvalue weighted by molar-refractivity contribution is 7.90. The third kappa shape index (κ3) is 6.44. The zero-order valence-corrected chi connectivity index (χ0v) is 26.1. The van der Waals surface area contributed by atoms with E-state index in [1.807, 2.05) is 0 Å². The summed E-state index contributed by atoms with van der Waals surface area (Å²) in [7, 11) is -2.06. The van der Waals surface area contributed by atoms with Crippen molar-refractivity contribution in [2.24, 2.45) is 0 Å². The summed E-state index contributed by atoms with van der Waals surface area (Å²) >= 11 is 0. The molecule has 3 heterocycles. The van der Waals surface area contributed by atoms with Crippen LogP contribution in [0.2, 0.25) is 0 Å². The van der Waals surface area contributed by atoms with E-state index in [9.17, 15) is 31.2 Å². The second-order valence-electron chi connectivity index (χ2n) is 11.1. The monoisotopic (exact) mass is 666 g/mol. The van der Waals surface area contributed by atoms with E-state index in [2.05, 4.69) is 22.5 Å². The van der Waals surface area contributed by atoms with Gasteiger partial charge in [0.15, 0.2) is 9.84 Å². The second-order valence-corrected chi connectivity index (χ2v) is 13.2. The SMILES string of the molecule is COc1cc(S(C)(=O)=O)ccc1NCC#Cc1cc2c3c(ccc2n1CC(F)(F)F)OCC(CCN1C(=O)c2ccccc2C1=O)N3. The number of hydrogen-bond donors (Lipinski definition) is 2. The topological polar surface area (TPSA) is 119 Å². The Morgan fingerprint density at radius 2 is 1.79 bits per heavy atom. The van der Waals surface area contributed by atoms with Crippen LogP contribution in [0.25, 0.3) is 10.9 Å². The van der Waals surface area contributed by atoms with E-state index in [1.54, 1.807) is 42.5 Å². The quantitative estimate of drug-likeness (QED) is 0.201. The van der Waals surface area contributed by atoms with Crippen LogP contribution in [0.5, 0.6) is 11.5 Å². The molecule has 0 saturated heterocycles. The lowest BCUT2D eigenvalue weighted by molar-refractivity contribution is -0.140. The third-order valence-corrected chi connectivity index (χ3v) is 9.05. The number of fused-ring (bicyclic) bond motifs is 4. The number of ether oxygens (including phenoxy) is 2. The van der Waals surface area contributed by atoms with Gasteiger partial charge in [-0.3, -0.25) is 14.5 Å². The highest BCUT2D eigenvalue weighted by Gasteiger charge is 2.36. The third-order valence-electron chi connectivity index (χ3n) is 7.94. The molecule has 2 aliphatic rings. The summed E-state index contributed by atoms with van der Waals surface area (Å²) in [6.45, 7) is -0.865. The molecular formula is C33H29F3N4O6S. The van der Waals surface area contributed by atoms with Gasteiger partial charge >= 0.3 is 6.18 Å². The van der Waals surface area contributed by atoms with Gasteiger partial charge in [-0.1, -0.05) is 18.1 Å². The number of halogens is 3. The molecule has 4 aromatic rings. The molecule has 47 heavy (non-hydrogen) atoms. The van der Waals surface area contributed by atoms with E-state index in [1.165, 1.54) is 30.2 Å². The number of nitrogens with zero attached hydrogens (tertiary/aromatic N) is 2. The number of amides is 2. The van der Waals surface area contributed by atoms with Crippen LogP contribution in [0.3, 0.4) is 0 Å². The summed E-state index contributed by atoms with van der Waals surface area (Å²) in [6, 6.07) is 15.3. The number of rotatable bonds is 8. The molecule has 10 nitrogen and oxygen atoms in total. The maximum Gasteiger partial charge on any atom is 0.406 e. The molecule has 0 aliphatic carbocycles. The van der Waals surface area contributed by atoms with Crippen LogP contribution in [0.1, 0.15) is 32.8 Å². The predicted octanol–water partition coefficient (Wildman–Crippen LogP) is 4.94. The summed E-state index contributed by atoms with van der Waals surface area (Å²) in [5.74, 6) is 5.68. The number of benzene rings is 3. The van der Waals surface area contributed by atoms with Crippen molar-refractivity contribution in [3.05, 3.63) is 77.5 Å². The second kappa shape index (κ2) is 12.2. The summed E-state index contributed by atoms with van der Waals surface area (Å²) in [5, 5.41) is 6.84. The Hall–Kier alpha value is -5.16. The van der Waals surface area contributed by atoms with E-state index in [-0.39, 0.29) is 53.9 Å². The van der Waals surface area contributed by atoms with Gasteiger partial charge in [0.05, 0.1) is 58.3 Å². The Morgan fingerprint density at radius 3 is 2.45 bits per heavy atom. The van der Waals surface area contributed by atoms with E-state index in [4.69, 9.17) is 9.47 Å². The van der Waals surface area contributed by atoms with Crippen molar-refractivity contribution < 1.29 is 40.7 Å². The minimum atomic E-state index is -4.52. The fourth-order valence-electron chi connectivity index (χ4n) is 5.68. The minimum Gasteiger partial charge on any atom is -0.495 e. The smallest absolute Gasteiger partial charge is 0.406 e. The molecule has 244 valence electrons. The molecule has 1 aromatic heterocycles. The lowest BCUT2D eigenvalue weighted by atomic mass is 10.1. The first-order valence-electron chi connectivity index (χ1n) is 14.5. The average molecular weight is 667 g/mol. The predicted molar refractivity (Wildman–Crippen MR) is 169 cm³/mol. The first-order chi connectivity index (χ1) is 22.3. The van der Waals surface area contributed by atoms with Crippen LogP contribution in [-0.4, -0.2) is 75.0 Å². The van der Waals surface area contributed by atoms with Gasteiger partial charge in [0, 0.05) is 24.3 Å². The standard InChI is InChI=1S/C33H29F3N4O6S/c1-45-29-17-22(47(2,43)44)9-10-26(29)37-14-5-6-21-16-25-27(40(21)19-33(34,35)36)11-12-28-30(25)38-20(18-46-28)13-15-39-31(41)23-7-3-4-8-24(23)32(39)42/h3-4,7-12,16-17,20,37-38H,13-15,18-19H2,1-2H3. The maximum atomic E-state index is 13.7. The summed E-state index contributed by atoms with van der Waals surface area (Å²) in [4.78, 5) is 26.9. The molecule has 1 atom stereocenters. The van der Waals surface area contributed by atoms with E-state index >= 15 is 0 Å². The molecular weight excluding hydrogens is 637 g/mol. The van der Waals surface area contributed by atoms with Gasteiger partial charge in [0.1, 0.15) is 24.7 Å². The van der Waals surface area contributed by atoms with Crippen LogP contribution in [-0.2, 0) is 16.4 Å². The fraction of sp³-hybridized carbons (Fsp3) is 0.273. The van der Waals surface area contributed by atoms with E-state index in [0.717, 1.165) is 10.8 Å². The van der Waals surface area contributed by atoms with Crippen molar-refractivity contribution in [3.8, 4) is 23.3 Å².